The average molecular weight is 345 g/mol. The van der Waals surface area contributed by atoms with Crippen LogP contribution in [0.4, 0.5) is 0 Å². The second kappa shape index (κ2) is 8.01. The molecule has 3 rings (SSSR count). The minimum Gasteiger partial charge on any atom is -0.481 e. The van der Waals surface area contributed by atoms with Gasteiger partial charge in [-0.3, -0.25) is 4.79 Å². The van der Waals surface area contributed by atoms with E-state index in [9.17, 15) is 4.79 Å². The maximum Gasteiger partial charge on any atom is 0.253 e. The van der Waals surface area contributed by atoms with Gasteiger partial charge < -0.3 is 14.8 Å². The number of pyridine rings is 2. The first-order valence-electron chi connectivity index (χ1n) is 7.73. The molecular weight excluding hydrogens is 326 g/mol. The third-order valence-electron chi connectivity index (χ3n) is 3.66. The Balaban J connectivity index is 1.56. The Morgan fingerprint density at radius 3 is 3.00 bits per heavy atom. The van der Waals surface area contributed by atoms with Gasteiger partial charge in [0, 0.05) is 36.3 Å². The molecule has 1 N–H and O–H groups in total. The zero-order chi connectivity index (χ0) is 16.8. The molecule has 0 aliphatic carbocycles. The molecule has 6 nitrogen and oxygen atoms in total. The summed E-state index contributed by atoms with van der Waals surface area (Å²) in [6.07, 6.45) is 4.45. The van der Waals surface area contributed by atoms with Crippen molar-refractivity contribution in [2.24, 2.45) is 0 Å². The molecule has 7 heteroatoms. The van der Waals surface area contributed by atoms with E-state index in [1.165, 1.54) is 6.20 Å². The Hall–Kier alpha value is -2.28. The van der Waals surface area contributed by atoms with Gasteiger partial charge in [-0.2, -0.15) is 11.8 Å². The highest BCUT2D eigenvalue weighted by atomic mass is 32.2. The molecule has 0 spiro atoms. The summed E-state index contributed by atoms with van der Waals surface area (Å²) in [5, 5.41) is 2.84. The van der Waals surface area contributed by atoms with Crippen LogP contribution in [0.25, 0.3) is 0 Å². The van der Waals surface area contributed by atoms with Crippen LogP contribution in [0.2, 0.25) is 0 Å². The van der Waals surface area contributed by atoms with Crippen LogP contribution in [-0.2, 0) is 6.54 Å². The van der Waals surface area contributed by atoms with Gasteiger partial charge in [-0.25, -0.2) is 9.97 Å². The predicted octanol–water partition coefficient (Wildman–Crippen LogP) is 2.30. The lowest BCUT2D eigenvalue weighted by atomic mass is 10.2. The molecule has 24 heavy (non-hydrogen) atoms. The highest BCUT2D eigenvalue weighted by molar-refractivity contribution is 7.99. The summed E-state index contributed by atoms with van der Waals surface area (Å²) in [7, 11) is 1.55. The molecular formula is C17H19N3O3S. The van der Waals surface area contributed by atoms with Crippen molar-refractivity contribution in [1.82, 2.24) is 15.3 Å². The minimum absolute atomic E-state index is 0.198. The molecule has 1 atom stereocenters. The Morgan fingerprint density at radius 2 is 2.29 bits per heavy atom. The highest BCUT2D eigenvalue weighted by Gasteiger charge is 2.17. The number of carbonyl (C=O) groups excluding carboxylic acids is 1. The normalized spacial score (nSPS) is 16.6. The Bertz CT molecular complexity index is 688. The largest absolute Gasteiger partial charge is 0.481 e. The van der Waals surface area contributed by atoms with Gasteiger partial charge >= 0.3 is 0 Å². The number of amides is 1. The third-order valence-corrected chi connectivity index (χ3v) is 4.79. The summed E-state index contributed by atoms with van der Waals surface area (Å²) >= 11 is 1.88. The molecule has 1 fully saturated rings. The van der Waals surface area contributed by atoms with Crippen molar-refractivity contribution < 1.29 is 14.3 Å². The van der Waals surface area contributed by atoms with Crippen molar-refractivity contribution >= 4 is 17.7 Å². The van der Waals surface area contributed by atoms with E-state index < -0.39 is 0 Å². The summed E-state index contributed by atoms with van der Waals surface area (Å²) in [5.41, 5.74) is 1.31. The van der Waals surface area contributed by atoms with E-state index in [4.69, 9.17) is 9.47 Å². The van der Waals surface area contributed by atoms with Crippen molar-refractivity contribution in [3.8, 4) is 11.8 Å². The van der Waals surface area contributed by atoms with E-state index in [0.29, 0.717) is 23.9 Å². The fourth-order valence-corrected chi connectivity index (χ4v) is 3.47. The van der Waals surface area contributed by atoms with E-state index in [1.54, 1.807) is 31.5 Å². The number of ether oxygens (including phenoxy) is 2. The molecule has 1 saturated heterocycles. The molecule has 0 saturated carbocycles. The molecule has 1 amide bonds. The molecule has 3 heterocycles. The van der Waals surface area contributed by atoms with Crippen LogP contribution in [0.15, 0.2) is 36.7 Å². The summed E-state index contributed by atoms with van der Waals surface area (Å²) in [6.45, 7) is 0.341. The smallest absolute Gasteiger partial charge is 0.253 e. The standard InChI is InChI=1S/C17H19N3O3S/c1-22-17-13(3-2-7-18-17)10-20-16(21)12-4-5-15(19-9-12)23-14-6-8-24-11-14/h2-5,7,9,14H,6,8,10-11H2,1H3,(H,20,21). The summed E-state index contributed by atoms with van der Waals surface area (Å²) in [6, 6.07) is 7.13. The van der Waals surface area contributed by atoms with Gasteiger partial charge in [-0.05, 0) is 24.3 Å². The van der Waals surface area contributed by atoms with Gasteiger partial charge in [0.1, 0.15) is 6.10 Å². The van der Waals surface area contributed by atoms with E-state index in [2.05, 4.69) is 15.3 Å². The van der Waals surface area contributed by atoms with Crippen LogP contribution in [0.1, 0.15) is 22.3 Å². The fraction of sp³-hybridized carbons (Fsp3) is 0.353. The van der Waals surface area contributed by atoms with Gasteiger partial charge in [0.2, 0.25) is 11.8 Å². The highest BCUT2D eigenvalue weighted by Crippen LogP contribution is 2.22. The average Bonchev–Trinajstić information content (AvgIpc) is 3.13. The first kappa shape index (κ1) is 16.6. The van der Waals surface area contributed by atoms with Crippen LogP contribution >= 0.6 is 11.8 Å². The number of aromatic nitrogens is 2. The van der Waals surface area contributed by atoms with Gasteiger partial charge in [-0.15, -0.1) is 0 Å². The number of hydrogen-bond acceptors (Lipinski definition) is 6. The first-order valence-corrected chi connectivity index (χ1v) is 8.88. The number of methoxy groups -OCH3 is 1. The molecule has 1 aliphatic rings. The monoisotopic (exact) mass is 345 g/mol. The van der Waals surface area contributed by atoms with E-state index in [0.717, 1.165) is 23.5 Å². The Morgan fingerprint density at radius 1 is 1.38 bits per heavy atom. The van der Waals surface area contributed by atoms with Crippen molar-refractivity contribution in [2.45, 2.75) is 19.1 Å². The molecule has 0 bridgehead atoms. The lowest BCUT2D eigenvalue weighted by Crippen LogP contribution is -2.23. The van der Waals surface area contributed by atoms with Crippen molar-refractivity contribution in [2.75, 3.05) is 18.6 Å². The predicted molar refractivity (Wildman–Crippen MR) is 92.6 cm³/mol. The minimum atomic E-state index is -0.198. The number of thioether (sulfide) groups is 1. The van der Waals surface area contributed by atoms with Crippen LogP contribution in [-0.4, -0.2) is 40.6 Å². The van der Waals surface area contributed by atoms with Gasteiger partial charge in [-0.1, -0.05) is 6.07 Å². The molecule has 1 aliphatic heterocycles. The number of nitrogens with zero attached hydrogens (tertiary/aromatic N) is 2. The quantitative estimate of drug-likeness (QED) is 0.866. The molecule has 126 valence electrons. The van der Waals surface area contributed by atoms with Gasteiger partial charge in [0.05, 0.1) is 12.7 Å². The van der Waals surface area contributed by atoms with Gasteiger partial charge in [0.25, 0.3) is 5.91 Å². The van der Waals surface area contributed by atoms with E-state index >= 15 is 0 Å². The zero-order valence-corrected chi connectivity index (χ0v) is 14.2. The first-order chi connectivity index (χ1) is 11.8. The van der Waals surface area contributed by atoms with Crippen LogP contribution in [0.5, 0.6) is 11.8 Å². The lowest BCUT2D eigenvalue weighted by Gasteiger charge is -2.12. The molecule has 2 aromatic heterocycles. The van der Waals surface area contributed by atoms with Crippen molar-refractivity contribution in [3.63, 3.8) is 0 Å². The molecule has 0 aromatic carbocycles. The molecule has 0 radical (unpaired) electrons. The number of carbonyl (C=O) groups is 1. The molecule has 2 aromatic rings. The Labute approximate surface area is 145 Å². The molecule has 1 unspecified atom stereocenters. The second-order valence-corrected chi connectivity index (χ2v) is 6.49. The maximum atomic E-state index is 12.2. The van der Waals surface area contributed by atoms with Crippen molar-refractivity contribution in [3.05, 3.63) is 47.8 Å². The second-order valence-electron chi connectivity index (χ2n) is 5.34. The fourth-order valence-electron chi connectivity index (χ4n) is 2.38. The summed E-state index contributed by atoms with van der Waals surface area (Å²) in [5.74, 6) is 3.00. The van der Waals surface area contributed by atoms with E-state index in [1.807, 2.05) is 17.8 Å². The van der Waals surface area contributed by atoms with Crippen LogP contribution < -0.4 is 14.8 Å². The topological polar surface area (TPSA) is 73.3 Å². The lowest BCUT2D eigenvalue weighted by molar-refractivity contribution is 0.0950. The van der Waals surface area contributed by atoms with E-state index in [-0.39, 0.29) is 12.0 Å². The van der Waals surface area contributed by atoms with Crippen LogP contribution in [0, 0.1) is 0 Å². The number of nitrogens with one attached hydrogen (secondary N) is 1. The number of hydrogen-bond donors (Lipinski definition) is 1. The summed E-state index contributed by atoms with van der Waals surface area (Å²) < 4.78 is 11.0. The SMILES string of the molecule is COc1ncccc1CNC(=O)c1ccc(OC2CCSC2)nc1. The van der Waals surface area contributed by atoms with Crippen molar-refractivity contribution in [1.29, 1.82) is 0 Å². The summed E-state index contributed by atoms with van der Waals surface area (Å²) in [4.78, 5) is 20.5. The zero-order valence-electron chi connectivity index (χ0n) is 13.4. The van der Waals surface area contributed by atoms with Crippen LogP contribution in [0.3, 0.4) is 0 Å². The maximum absolute atomic E-state index is 12.2. The third kappa shape index (κ3) is 4.17. The Kier molecular flexibility index (Phi) is 5.53. The number of rotatable bonds is 6. The van der Waals surface area contributed by atoms with Gasteiger partial charge in [0.15, 0.2) is 0 Å².